The molecule has 1 aromatic heterocycles. The summed E-state index contributed by atoms with van der Waals surface area (Å²) in [6.07, 6.45) is -0.301. The fourth-order valence-electron chi connectivity index (χ4n) is 2.49. The molecule has 2 rings (SSSR count). The summed E-state index contributed by atoms with van der Waals surface area (Å²) in [4.78, 5) is 5.55. The average Bonchev–Trinajstić information content (AvgIpc) is 2.35. The number of nitrogens with two attached hydrogens (primary N) is 1. The number of pyridine rings is 1. The van der Waals surface area contributed by atoms with Crippen molar-refractivity contribution >= 4 is 5.82 Å². The molecule has 0 aromatic carbocycles. The molecule has 3 nitrogen and oxygen atoms in total. The molecule has 0 bridgehead atoms. The Bertz CT molecular complexity index is 457. The van der Waals surface area contributed by atoms with Crippen LogP contribution in [0.3, 0.4) is 0 Å². The summed E-state index contributed by atoms with van der Waals surface area (Å²) in [7, 11) is 1.41. The van der Waals surface area contributed by atoms with E-state index >= 15 is 0 Å². The molecule has 0 fully saturated rings. The second-order valence-corrected chi connectivity index (χ2v) is 4.96. The Morgan fingerprint density at radius 1 is 1.32 bits per heavy atom. The van der Waals surface area contributed by atoms with Gasteiger partial charge in [0.15, 0.2) is 0 Å². The number of alkyl halides is 3. The van der Waals surface area contributed by atoms with E-state index in [0.29, 0.717) is 11.4 Å². The van der Waals surface area contributed by atoms with E-state index in [2.05, 4.69) is 4.98 Å². The molecule has 2 N–H and O–H groups in total. The minimum absolute atomic E-state index is 0.206. The predicted octanol–water partition coefficient (Wildman–Crippen LogP) is 2.42. The van der Waals surface area contributed by atoms with Crippen molar-refractivity contribution in [3.63, 3.8) is 0 Å². The monoisotopic (exact) mass is 273 g/mol. The van der Waals surface area contributed by atoms with E-state index in [1.54, 1.807) is 0 Å². The van der Waals surface area contributed by atoms with Crippen LogP contribution in [0.1, 0.15) is 29.7 Å². The van der Waals surface area contributed by atoms with Crippen molar-refractivity contribution in [2.45, 2.75) is 38.4 Å². The molecule has 0 unspecified atom stereocenters. The Hall–Kier alpha value is -1.30. The number of nitrogens with zero attached hydrogens (tertiary/aromatic N) is 2. The Morgan fingerprint density at radius 2 is 2.00 bits per heavy atom. The van der Waals surface area contributed by atoms with Gasteiger partial charge in [-0.1, -0.05) is 0 Å². The minimum Gasteiger partial charge on any atom is -0.350 e. The lowest BCUT2D eigenvalue weighted by molar-refractivity contribution is -0.119. The van der Waals surface area contributed by atoms with Gasteiger partial charge in [-0.15, -0.1) is 0 Å². The van der Waals surface area contributed by atoms with Gasteiger partial charge in [-0.3, -0.25) is 0 Å². The van der Waals surface area contributed by atoms with Gasteiger partial charge in [-0.05, 0) is 37.3 Å². The van der Waals surface area contributed by atoms with Gasteiger partial charge in [0.25, 0.3) is 0 Å². The van der Waals surface area contributed by atoms with Crippen LogP contribution in [0.25, 0.3) is 0 Å². The SMILES string of the molecule is CN(CC(F)(F)F)c1nc2c(cc1CN)CCCC2. The lowest BCUT2D eigenvalue weighted by Crippen LogP contribution is -2.33. The zero-order chi connectivity index (χ0) is 14.0. The van der Waals surface area contributed by atoms with E-state index in [4.69, 9.17) is 5.73 Å². The molecular formula is C13H18F3N3. The summed E-state index contributed by atoms with van der Waals surface area (Å²) in [5.74, 6) is 0.362. The van der Waals surface area contributed by atoms with Crippen LogP contribution in [0.2, 0.25) is 0 Å². The molecular weight excluding hydrogens is 255 g/mol. The van der Waals surface area contributed by atoms with Crippen molar-refractivity contribution in [1.82, 2.24) is 4.98 Å². The highest BCUT2D eigenvalue weighted by molar-refractivity contribution is 5.50. The summed E-state index contributed by atoms with van der Waals surface area (Å²) in [6, 6.07) is 1.92. The Kier molecular flexibility index (Phi) is 3.99. The molecule has 0 saturated heterocycles. The molecule has 0 radical (unpaired) electrons. The third kappa shape index (κ3) is 3.37. The van der Waals surface area contributed by atoms with Crippen LogP contribution in [-0.4, -0.2) is 24.8 Å². The lowest BCUT2D eigenvalue weighted by Gasteiger charge is -2.25. The maximum absolute atomic E-state index is 12.5. The van der Waals surface area contributed by atoms with Gasteiger partial charge in [0.1, 0.15) is 12.4 Å². The van der Waals surface area contributed by atoms with Crippen LogP contribution < -0.4 is 10.6 Å². The fourth-order valence-corrected chi connectivity index (χ4v) is 2.49. The molecule has 1 aliphatic rings. The summed E-state index contributed by atoms with van der Waals surface area (Å²) in [6.45, 7) is -0.802. The number of hydrogen-bond donors (Lipinski definition) is 1. The molecule has 0 amide bonds. The molecule has 0 atom stereocenters. The first-order valence-corrected chi connectivity index (χ1v) is 6.40. The topological polar surface area (TPSA) is 42.2 Å². The van der Waals surface area contributed by atoms with Gasteiger partial charge in [-0.25, -0.2) is 4.98 Å². The zero-order valence-electron chi connectivity index (χ0n) is 10.9. The summed E-state index contributed by atoms with van der Waals surface area (Å²) in [5.41, 5.74) is 8.38. The van der Waals surface area contributed by atoms with Crippen LogP contribution in [0.5, 0.6) is 0 Å². The standard InChI is InChI=1S/C13H18F3N3/c1-19(8-13(14,15)16)12-10(7-17)6-9-4-2-3-5-11(9)18-12/h6H,2-5,7-8,17H2,1H3. The number of anilines is 1. The van der Waals surface area contributed by atoms with Crippen LogP contribution in [0.15, 0.2) is 6.07 Å². The Balaban J connectivity index is 2.33. The molecule has 0 spiro atoms. The van der Waals surface area contributed by atoms with Gasteiger partial charge in [0.2, 0.25) is 0 Å². The highest BCUT2D eigenvalue weighted by atomic mass is 19.4. The second-order valence-electron chi connectivity index (χ2n) is 4.96. The van der Waals surface area contributed by atoms with E-state index in [1.165, 1.54) is 7.05 Å². The molecule has 106 valence electrons. The summed E-state index contributed by atoms with van der Waals surface area (Å²) in [5, 5.41) is 0. The van der Waals surface area contributed by atoms with Crippen molar-refractivity contribution in [3.8, 4) is 0 Å². The van der Waals surface area contributed by atoms with Crippen molar-refractivity contribution in [3.05, 3.63) is 22.9 Å². The first kappa shape index (κ1) is 14.1. The van der Waals surface area contributed by atoms with Gasteiger partial charge in [0.05, 0.1) is 0 Å². The van der Waals surface area contributed by atoms with E-state index in [9.17, 15) is 13.2 Å². The number of rotatable bonds is 3. The Labute approximate surface area is 110 Å². The van der Waals surface area contributed by atoms with Crippen LogP contribution >= 0.6 is 0 Å². The normalized spacial score (nSPS) is 15.2. The van der Waals surface area contributed by atoms with Crippen molar-refractivity contribution in [2.24, 2.45) is 5.73 Å². The Morgan fingerprint density at radius 3 is 2.63 bits per heavy atom. The third-order valence-electron chi connectivity index (χ3n) is 3.35. The van der Waals surface area contributed by atoms with Crippen molar-refractivity contribution in [1.29, 1.82) is 0 Å². The fraction of sp³-hybridized carbons (Fsp3) is 0.615. The summed E-state index contributed by atoms with van der Waals surface area (Å²) >= 11 is 0. The summed E-state index contributed by atoms with van der Waals surface area (Å²) < 4.78 is 37.4. The predicted molar refractivity (Wildman–Crippen MR) is 68.1 cm³/mol. The number of hydrogen-bond acceptors (Lipinski definition) is 3. The largest absolute Gasteiger partial charge is 0.405 e. The van der Waals surface area contributed by atoms with E-state index in [-0.39, 0.29) is 6.54 Å². The average molecular weight is 273 g/mol. The smallest absolute Gasteiger partial charge is 0.350 e. The zero-order valence-corrected chi connectivity index (χ0v) is 10.9. The van der Waals surface area contributed by atoms with Gasteiger partial charge in [0, 0.05) is 24.8 Å². The van der Waals surface area contributed by atoms with E-state index < -0.39 is 12.7 Å². The molecule has 0 saturated carbocycles. The van der Waals surface area contributed by atoms with E-state index in [1.807, 2.05) is 6.07 Å². The second kappa shape index (κ2) is 5.36. The quantitative estimate of drug-likeness (QED) is 0.919. The molecule has 1 aliphatic carbocycles. The molecule has 19 heavy (non-hydrogen) atoms. The molecule has 6 heteroatoms. The highest BCUT2D eigenvalue weighted by Gasteiger charge is 2.30. The van der Waals surface area contributed by atoms with Gasteiger partial charge in [-0.2, -0.15) is 13.2 Å². The third-order valence-corrected chi connectivity index (χ3v) is 3.35. The molecule has 1 heterocycles. The van der Waals surface area contributed by atoms with Crippen LogP contribution in [0.4, 0.5) is 19.0 Å². The maximum Gasteiger partial charge on any atom is 0.405 e. The molecule has 1 aromatic rings. The minimum atomic E-state index is -4.24. The molecule has 0 aliphatic heterocycles. The first-order chi connectivity index (χ1) is 8.90. The highest BCUT2D eigenvalue weighted by Crippen LogP contribution is 2.27. The van der Waals surface area contributed by atoms with Gasteiger partial charge >= 0.3 is 6.18 Å². The number of halogens is 3. The number of aryl methyl sites for hydroxylation is 2. The first-order valence-electron chi connectivity index (χ1n) is 6.40. The van der Waals surface area contributed by atoms with Crippen LogP contribution in [-0.2, 0) is 19.4 Å². The van der Waals surface area contributed by atoms with Gasteiger partial charge < -0.3 is 10.6 Å². The van der Waals surface area contributed by atoms with E-state index in [0.717, 1.165) is 41.8 Å². The number of aromatic nitrogens is 1. The lowest BCUT2D eigenvalue weighted by atomic mass is 9.94. The van der Waals surface area contributed by atoms with Crippen molar-refractivity contribution < 1.29 is 13.2 Å². The number of fused-ring (bicyclic) bond motifs is 1. The van der Waals surface area contributed by atoms with Crippen LogP contribution in [0, 0.1) is 0 Å². The maximum atomic E-state index is 12.5. The van der Waals surface area contributed by atoms with Crippen molar-refractivity contribution in [2.75, 3.05) is 18.5 Å².